The topological polar surface area (TPSA) is 199 Å². The van der Waals surface area contributed by atoms with E-state index in [4.69, 9.17) is 18.9 Å². The lowest BCUT2D eigenvalue weighted by molar-refractivity contribution is 0.0628. The summed E-state index contributed by atoms with van der Waals surface area (Å²) >= 11 is 0. The van der Waals surface area contributed by atoms with Crippen molar-refractivity contribution < 1.29 is 59.8 Å². The second-order valence-corrected chi connectivity index (χ2v) is 23.1. The van der Waals surface area contributed by atoms with E-state index >= 15 is 0 Å². The highest BCUT2D eigenvalue weighted by Gasteiger charge is 2.38. The fraction of sp³-hybridized carbons (Fsp3) is 0.600. The van der Waals surface area contributed by atoms with Crippen LogP contribution in [-0.2, 0) is 45.4 Å². The second kappa shape index (κ2) is 24.4. The molecule has 400 valence electrons. The maximum absolute atomic E-state index is 12.7. The van der Waals surface area contributed by atoms with Crippen molar-refractivity contribution in [1.82, 2.24) is 0 Å². The van der Waals surface area contributed by atoms with Gasteiger partial charge in [-0.15, -0.1) is 0 Å². The molecule has 0 radical (unpaired) electrons. The molecule has 12 nitrogen and oxygen atoms in total. The van der Waals surface area contributed by atoms with E-state index in [1.54, 1.807) is 24.3 Å². The lowest BCUT2D eigenvalue weighted by atomic mass is 9.73. The van der Waals surface area contributed by atoms with Crippen LogP contribution >= 0.6 is 0 Å². The summed E-state index contributed by atoms with van der Waals surface area (Å²) in [5.74, 6) is -4.84. The van der Waals surface area contributed by atoms with Crippen LogP contribution in [0.5, 0.6) is 46.0 Å². The Hall–Kier alpha value is -4.88. The predicted molar refractivity (Wildman–Crippen MR) is 284 cm³/mol. The van der Waals surface area contributed by atoms with Crippen LogP contribution in [0.15, 0.2) is 24.3 Å². The Morgan fingerprint density at radius 3 is 0.528 bits per heavy atom. The van der Waals surface area contributed by atoms with E-state index in [-0.39, 0.29) is 143 Å². The summed E-state index contributed by atoms with van der Waals surface area (Å²) in [6.45, 7) is 30.7. The van der Waals surface area contributed by atoms with Gasteiger partial charge in [0.15, 0.2) is 0 Å². The molecule has 0 spiro atoms. The highest BCUT2D eigenvalue weighted by molar-refractivity contribution is 5.67. The number of hydrogen-bond acceptors (Lipinski definition) is 12. The molecular weight excluding hydrogens is 913 g/mol. The monoisotopic (exact) mass is 1000 g/mol. The number of phenols is 8. The Morgan fingerprint density at radius 2 is 0.417 bits per heavy atom. The number of fused-ring (bicyclic) bond motifs is 8. The first-order valence-electron chi connectivity index (χ1n) is 26.4. The van der Waals surface area contributed by atoms with Gasteiger partial charge in [0.05, 0.1) is 73.1 Å². The van der Waals surface area contributed by atoms with E-state index in [1.807, 2.05) is 111 Å². The third-order valence-corrected chi connectivity index (χ3v) is 13.8. The highest BCUT2D eigenvalue weighted by atomic mass is 16.5. The SMILES string of the molecule is CC(C)CC1c2cc(c(O)c(COC(C)C)c2O)C(CC(C)C)c2cc(c(O)c(COC(C)C)c2O)C(CC(C)C)c2cc(c(O)c(COC(C)C)c2O)C(CC(C)C)c2cc1c(O)c(COC(C)C)c2O. The molecule has 1 aliphatic rings. The summed E-state index contributed by atoms with van der Waals surface area (Å²) in [5, 5.41) is 102. The van der Waals surface area contributed by atoms with Crippen LogP contribution in [0, 0.1) is 23.7 Å². The minimum Gasteiger partial charge on any atom is -0.507 e. The van der Waals surface area contributed by atoms with Gasteiger partial charge < -0.3 is 59.8 Å². The summed E-state index contributed by atoms with van der Waals surface area (Å²) in [6.07, 6.45) is 0.440. The van der Waals surface area contributed by atoms with Crippen LogP contribution in [-0.4, -0.2) is 65.3 Å². The van der Waals surface area contributed by atoms with Crippen molar-refractivity contribution in [3.8, 4) is 46.0 Å². The number of rotatable bonds is 20. The Morgan fingerprint density at radius 1 is 0.278 bits per heavy atom. The molecule has 0 fully saturated rings. The molecule has 0 heterocycles. The second-order valence-electron chi connectivity index (χ2n) is 23.1. The number of hydrogen-bond donors (Lipinski definition) is 8. The lowest BCUT2D eigenvalue weighted by Crippen LogP contribution is -2.17. The minimum absolute atomic E-state index is 0.0186. The molecule has 0 aromatic heterocycles. The first kappa shape index (κ1) is 58.0. The Kier molecular flexibility index (Phi) is 19.7. The maximum atomic E-state index is 12.7. The Bertz CT molecular complexity index is 2030. The smallest absolute Gasteiger partial charge is 0.128 e. The van der Waals surface area contributed by atoms with Gasteiger partial charge in [0.1, 0.15) is 46.0 Å². The molecule has 0 amide bonds. The van der Waals surface area contributed by atoms with Crippen LogP contribution in [0.3, 0.4) is 0 Å². The normalized spacial score (nSPS) is 17.3. The molecule has 5 rings (SSSR count). The maximum Gasteiger partial charge on any atom is 0.128 e. The fourth-order valence-corrected chi connectivity index (χ4v) is 10.3. The van der Waals surface area contributed by atoms with E-state index in [9.17, 15) is 40.9 Å². The first-order valence-corrected chi connectivity index (χ1v) is 26.4. The zero-order valence-corrected chi connectivity index (χ0v) is 46.1. The van der Waals surface area contributed by atoms with Crippen LogP contribution in [0.2, 0.25) is 0 Å². The van der Waals surface area contributed by atoms with Crippen molar-refractivity contribution in [1.29, 1.82) is 0 Å². The van der Waals surface area contributed by atoms with Gasteiger partial charge in [0.25, 0.3) is 0 Å². The number of ether oxygens (including phenoxy) is 4. The summed E-state index contributed by atoms with van der Waals surface area (Å²) in [4.78, 5) is 0. The molecule has 0 atom stereocenters. The van der Waals surface area contributed by atoms with Gasteiger partial charge in [-0.1, -0.05) is 55.4 Å². The molecular formula is C60H88O12. The zero-order chi connectivity index (χ0) is 53.8. The van der Waals surface area contributed by atoms with Gasteiger partial charge in [-0.05, 0) is 129 Å². The first-order chi connectivity index (χ1) is 33.7. The molecule has 1 aliphatic carbocycles. The van der Waals surface area contributed by atoms with Crippen molar-refractivity contribution in [2.75, 3.05) is 0 Å². The van der Waals surface area contributed by atoms with Gasteiger partial charge in [-0.2, -0.15) is 0 Å². The number of benzene rings is 4. The summed E-state index contributed by atoms with van der Waals surface area (Å²) in [7, 11) is 0. The Balaban J connectivity index is 2.20. The Labute approximate surface area is 430 Å². The largest absolute Gasteiger partial charge is 0.507 e. The zero-order valence-electron chi connectivity index (χ0n) is 46.1. The van der Waals surface area contributed by atoms with Gasteiger partial charge in [-0.3, -0.25) is 0 Å². The molecule has 0 saturated carbocycles. The number of aromatic hydroxyl groups is 8. The summed E-state index contributed by atoms with van der Waals surface area (Å²) in [5.41, 5.74) is 3.70. The van der Waals surface area contributed by atoms with Crippen molar-refractivity contribution in [2.24, 2.45) is 23.7 Å². The molecule has 72 heavy (non-hydrogen) atoms. The highest BCUT2D eigenvalue weighted by Crippen LogP contribution is 2.56. The molecule has 0 unspecified atom stereocenters. The third-order valence-electron chi connectivity index (χ3n) is 13.8. The lowest BCUT2D eigenvalue weighted by Gasteiger charge is -2.33. The van der Waals surface area contributed by atoms with Crippen LogP contribution in [0.25, 0.3) is 0 Å². The molecule has 4 aromatic rings. The quantitative estimate of drug-likeness (QED) is 0.0417. The summed E-state index contributed by atoms with van der Waals surface area (Å²) < 4.78 is 24.7. The summed E-state index contributed by atoms with van der Waals surface area (Å²) in [6, 6.07) is 7.11. The van der Waals surface area contributed by atoms with Gasteiger partial charge >= 0.3 is 0 Å². The molecule has 12 heteroatoms. The average molecular weight is 1000 g/mol. The predicted octanol–water partition coefficient (Wildman–Crippen LogP) is 14.1. The van der Waals surface area contributed by atoms with Crippen molar-refractivity contribution in [3.63, 3.8) is 0 Å². The van der Waals surface area contributed by atoms with E-state index in [0.29, 0.717) is 70.2 Å². The third kappa shape index (κ3) is 13.1. The van der Waals surface area contributed by atoms with Crippen LogP contribution in [0.4, 0.5) is 0 Å². The molecule has 4 aromatic carbocycles. The van der Waals surface area contributed by atoms with E-state index in [2.05, 4.69) is 0 Å². The molecule has 0 saturated heterocycles. The van der Waals surface area contributed by atoms with Crippen LogP contribution in [0.1, 0.15) is 227 Å². The number of phenolic OH excluding ortho intramolecular Hbond substituents is 8. The van der Waals surface area contributed by atoms with Gasteiger partial charge in [0.2, 0.25) is 0 Å². The average Bonchev–Trinajstić information content (AvgIpc) is 3.26. The van der Waals surface area contributed by atoms with Gasteiger partial charge in [-0.25, -0.2) is 0 Å². The molecule has 8 N–H and O–H groups in total. The van der Waals surface area contributed by atoms with Crippen molar-refractivity contribution in [3.05, 3.63) is 91.0 Å². The molecule has 8 bridgehead atoms. The minimum atomic E-state index is -0.764. The van der Waals surface area contributed by atoms with E-state index in [1.165, 1.54) is 0 Å². The van der Waals surface area contributed by atoms with E-state index in [0.717, 1.165) is 0 Å². The fourth-order valence-electron chi connectivity index (χ4n) is 10.3. The van der Waals surface area contributed by atoms with E-state index < -0.39 is 23.7 Å². The van der Waals surface area contributed by atoms with Crippen LogP contribution < -0.4 is 0 Å². The van der Waals surface area contributed by atoms with Crippen molar-refractivity contribution in [2.45, 2.75) is 211 Å². The van der Waals surface area contributed by atoms with Crippen molar-refractivity contribution >= 4 is 0 Å². The van der Waals surface area contributed by atoms with Gasteiger partial charge in [0, 0.05) is 68.2 Å². The standard InChI is InChI=1S/C60H88O12/c1-29(2)17-37-41-21-43(55(63)49(53(41)61)25-69-33(9)10)38(18-30(3)4)45-23-47(59(67)51(57(45)65)27-71-35(13)14)40(20-32(7)8)48-24-46(58(66)52(60(48)68)28-72-36(15)16)39(19-31(5)6)44-22-42(37)54(62)50(56(44)64)26-70-34(11)12/h21-24,29-40,61-68H,17-20,25-28H2,1-16H3. The molecule has 0 aliphatic heterocycles.